The minimum absolute atomic E-state index is 0.0588. The molecule has 0 aliphatic carbocycles. The number of rotatable bonds is 10. The summed E-state index contributed by atoms with van der Waals surface area (Å²) in [6.07, 6.45) is -5.84. The van der Waals surface area contributed by atoms with E-state index in [2.05, 4.69) is 10.0 Å². The zero-order valence-electron chi connectivity index (χ0n) is 13.9. The first kappa shape index (κ1) is 22.0. The lowest BCUT2D eigenvalue weighted by Crippen LogP contribution is -2.39. The fraction of sp³-hybridized carbons (Fsp3) is 0.857. The van der Waals surface area contributed by atoms with Crippen LogP contribution in [0.3, 0.4) is 0 Å². The van der Waals surface area contributed by atoms with Crippen molar-refractivity contribution in [1.29, 1.82) is 0 Å². The van der Waals surface area contributed by atoms with Crippen molar-refractivity contribution in [3.05, 3.63) is 10.4 Å². The molecule has 0 spiro atoms. The van der Waals surface area contributed by atoms with Gasteiger partial charge in [0.15, 0.2) is 5.41 Å². The quantitative estimate of drug-likeness (QED) is 0.195. The Kier molecular flexibility index (Phi) is 9.20. The predicted molar refractivity (Wildman–Crippen MR) is 78.8 cm³/mol. The van der Waals surface area contributed by atoms with Crippen LogP contribution in [0.1, 0.15) is 46.5 Å². The number of azide groups is 1. The monoisotopic (exact) mass is 353 g/mol. The van der Waals surface area contributed by atoms with E-state index in [1.165, 1.54) is 6.92 Å². The van der Waals surface area contributed by atoms with Gasteiger partial charge in [0.25, 0.3) is 0 Å². The molecule has 7 nitrogen and oxygen atoms in total. The minimum atomic E-state index is -4.47. The summed E-state index contributed by atoms with van der Waals surface area (Å²) in [4.78, 5) is 26.5. The van der Waals surface area contributed by atoms with E-state index in [4.69, 9.17) is 15.0 Å². The average Bonchev–Trinajstić information content (AvgIpc) is 2.46. The van der Waals surface area contributed by atoms with Crippen LogP contribution in [-0.4, -0.2) is 37.4 Å². The summed E-state index contributed by atoms with van der Waals surface area (Å²) in [6.45, 7) is 4.59. The second kappa shape index (κ2) is 10.0. The molecular formula is C14H22F3N3O4. The SMILES string of the molecule is CCOC(=O)C(C)(CCCC(CC(F)(F)F)N=[N+]=[N-])C(=O)OCC. The summed E-state index contributed by atoms with van der Waals surface area (Å²) in [5.41, 5.74) is 6.75. The van der Waals surface area contributed by atoms with E-state index in [0.29, 0.717) is 0 Å². The van der Waals surface area contributed by atoms with Crippen LogP contribution >= 0.6 is 0 Å². The maximum Gasteiger partial charge on any atom is 0.389 e. The third kappa shape index (κ3) is 7.54. The van der Waals surface area contributed by atoms with E-state index >= 15 is 0 Å². The van der Waals surface area contributed by atoms with Crippen LogP contribution in [0.15, 0.2) is 5.11 Å². The highest BCUT2D eigenvalue weighted by molar-refractivity contribution is 5.99. The van der Waals surface area contributed by atoms with Gasteiger partial charge in [-0.25, -0.2) is 0 Å². The molecule has 138 valence electrons. The second-order valence-electron chi connectivity index (χ2n) is 5.34. The van der Waals surface area contributed by atoms with Crippen LogP contribution in [0.4, 0.5) is 13.2 Å². The Morgan fingerprint density at radius 1 is 1.17 bits per heavy atom. The standard InChI is InChI=1S/C14H22F3N3O4/c1-4-23-11(21)13(3,12(22)24-5-2)8-6-7-10(19-20-18)9-14(15,16)17/h10H,4-9H2,1-3H3. The summed E-state index contributed by atoms with van der Waals surface area (Å²) in [7, 11) is 0. The predicted octanol–water partition coefficient (Wildman–Crippen LogP) is 3.92. The molecule has 0 aliphatic rings. The number of esters is 2. The molecule has 0 saturated carbocycles. The molecule has 0 aromatic heterocycles. The second-order valence-corrected chi connectivity index (χ2v) is 5.34. The molecular weight excluding hydrogens is 331 g/mol. The van der Waals surface area contributed by atoms with Crippen molar-refractivity contribution >= 4 is 11.9 Å². The van der Waals surface area contributed by atoms with Crippen LogP contribution in [-0.2, 0) is 19.1 Å². The summed E-state index contributed by atoms with van der Waals surface area (Å²) >= 11 is 0. The molecule has 10 heteroatoms. The largest absolute Gasteiger partial charge is 0.465 e. The van der Waals surface area contributed by atoms with Crippen molar-refractivity contribution in [2.24, 2.45) is 10.5 Å². The third-order valence-electron chi connectivity index (χ3n) is 3.35. The highest BCUT2D eigenvalue weighted by Gasteiger charge is 2.44. The van der Waals surface area contributed by atoms with E-state index < -0.39 is 36.0 Å². The van der Waals surface area contributed by atoms with Gasteiger partial charge in [-0.05, 0) is 39.1 Å². The lowest BCUT2D eigenvalue weighted by atomic mass is 9.84. The Labute approximate surface area is 138 Å². The van der Waals surface area contributed by atoms with Gasteiger partial charge >= 0.3 is 18.1 Å². The molecule has 1 atom stereocenters. The van der Waals surface area contributed by atoms with Crippen LogP contribution in [0, 0.1) is 5.41 Å². The van der Waals surface area contributed by atoms with Crippen molar-refractivity contribution in [1.82, 2.24) is 0 Å². The number of ether oxygens (including phenoxy) is 2. The average molecular weight is 353 g/mol. The Hall–Kier alpha value is -1.96. The molecule has 0 aromatic rings. The van der Waals surface area contributed by atoms with E-state index in [0.717, 1.165) is 0 Å². The van der Waals surface area contributed by atoms with Crippen LogP contribution < -0.4 is 0 Å². The highest BCUT2D eigenvalue weighted by atomic mass is 19.4. The Morgan fingerprint density at radius 3 is 2.04 bits per heavy atom. The van der Waals surface area contributed by atoms with E-state index in [1.807, 2.05) is 0 Å². The van der Waals surface area contributed by atoms with Gasteiger partial charge in [-0.15, -0.1) is 0 Å². The number of carbonyl (C=O) groups is 2. The number of hydrogen-bond donors (Lipinski definition) is 0. The van der Waals surface area contributed by atoms with E-state index in [-0.39, 0.29) is 32.5 Å². The summed E-state index contributed by atoms with van der Waals surface area (Å²) < 4.78 is 47.0. The molecule has 0 heterocycles. The fourth-order valence-electron chi connectivity index (χ4n) is 2.10. The van der Waals surface area contributed by atoms with Gasteiger partial charge in [0, 0.05) is 11.0 Å². The van der Waals surface area contributed by atoms with E-state index in [1.54, 1.807) is 13.8 Å². The zero-order chi connectivity index (χ0) is 18.8. The lowest BCUT2D eigenvalue weighted by molar-refractivity contribution is -0.171. The normalized spacial score (nSPS) is 12.9. The van der Waals surface area contributed by atoms with E-state index in [9.17, 15) is 22.8 Å². The fourth-order valence-corrected chi connectivity index (χ4v) is 2.10. The number of alkyl halides is 3. The van der Waals surface area contributed by atoms with Crippen LogP contribution in [0.2, 0.25) is 0 Å². The molecule has 24 heavy (non-hydrogen) atoms. The van der Waals surface area contributed by atoms with Crippen molar-refractivity contribution in [3.8, 4) is 0 Å². The molecule has 0 saturated heterocycles. The molecule has 0 aromatic carbocycles. The van der Waals surface area contributed by atoms with Crippen LogP contribution in [0.5, 0.6) is 0 Å². The third-order valence-corrected chi connectivity index (χ3v) is 3.35. The molecule has 0 bridgehead atoms. The summed E-state index contributed by atoms with van der Waals surface area (Å²) in [6, 6.07) is -1.29. The Bertz CT molecular complexity index is 458. The van der Waals surface area contributed by atoms with Gasteiger partial charge < -0.3 is 9.47 Å². The minimum Gasteiger partial charge on any atom is -0.465 e. The van der Waals surface area contributed by atoms with Gasteiger partial charge in [0.2, 0.25) is 0 Å². The first-order valence-electron chi connectivity index (χ1n) is 7.56. The molecule has 0 radical (unpaired) electrons. The first-order chi connectivity index (χ1) is 11.1. The number of carbonyl (C=O) groups excluding carboxylic acids is 2. The smallest absolute Gasteiger partial charge is 0.389 e. The number of nitrogens with zero attached hydrogens (tertiary/aromatic N) is 3. The topological polar surface area (TPSA) is 101 Å². The van der Waals surface area contributed by atoms with Crippen molar-refractivity contribution in [2.75, 3.05) is 13.2 Å². The molecule has 0 rings (SSSR count). The Morgan fingerprint density at radius 2 is 1.67 bits per heavy atom. The molecule has 0 N–H and O–H groups in total. The summed E-state index contributed by atoms with van der Waals surface area (Å²) in [5.74, 6) is -1.58. The maximum absolute atomic E-state index is 12.4. The van der Waals surface area contributed by atoms with Crippen molar-refractivity contribution in [2.45, 2.75) is 58.7 Å². The first-order valence-corrected chi connectivity index (χ1v) is 7.56. The molecule has 0 aliphatic heterocycles. The highest BCUT2D eigenvalue weighted by Crippen LogP contribution is 2.31. The molecule has 0 amide bonds. The Balaban J connectivity index is 4.95. The summed E-state index contributed by atoms with van der Waals surface area (Å²) in [5, 5.41) is 3.12. The lowest BCUT2D eigenvalue weighted by Gasteiger charge is -2.25. The molecule has 0 fully saturated rings. The van der Waals surface area contributed by atoms with Gasteiger partial charge in [-0.1, -0.05) is 11.5 Å². The van der Waals surface area contributed by atoms with Gasteiger partial charge in [0.05, 0.1) is 19.6 Å². The van der Waals surface area contributed by atoms with Crippen molar-refractivity contribution < 1.29 is 32.2 Å². The van der Waals surface area contributed by atoms with Gasteiger partial charge in [0.1, 0.15) is 0 Å². The molecule has 1 unspecified atom stereocenters. The maximum atomic E-state index is 12.4. The number of halogens is 3. The number of hydrogen-bond acceptors (Lipinski definition) is 5. The van der Waals surface area contributed by atoms with Gasteiger partial charge in [-0.2, -0.15) is 13.2 Å². The zero-order valence-corrected chi connectivity index (χ0v) is 13.9. The van der Waals surface area contributed by atoms with Crippen molar-refractivity contribution in [3.63, 3.8) is 0 Å². The van der Waals surface area contributed by atoms with Gasteiger partial charge in [-0.3, -0.25) is 9.59 Å². The van der Waals surface area contributed by atoms with Crippen LogP contribution in [0.25, 0.3) is 10.4 Å².